The average molecular weight is 297 g/mol. The summed E-state index contributed by atoms with van der Waals surface area (Å²) in [6, 6.07) is 5.84. The fourth-order valence-corrected chi connectivity index (χ4v) is 2.89. The van der Waals surface area contributed by atoms with Gasteiger partial charge in [-0.05, 0) is 24.6 Å². The number of benzene rings is 1. The first-order chi connectivity index (χ1) is 10.3. The summed E-state index contributed by atoms with van der Waals surface area (Å²) < 4.78 is 10.8. The standard InChI is InChI=1S/C15H11N3O2S/c1-9-17-7-11(14(18-9)15-16-4-5-21-15)10-2-3-12-13(6-10)20-8-19-12/h2-7H,8H2,1H3. The van der Waals surface area contributed by atoms with Crippen LogP contribution in [0.4, 0.5) is 0 Å². The van der Waals surface area contributed by atoms with E-state index in [1.165, 1.54) is 0 Å². The number of aryl methyl sites for hydroxylation is 1. The molecule has 4 rings (SSSR count). The van der Waals surface area contributed by atoms with Crippen LogP contribution in [0.25, 0.3) is 21.8 Å². The Hall–Kier alpha value is -2.47. The van der Waals surface area contributed by atoms with Crippen LogP contribution in [0.3, 0.4) is 0 Å². The number of hydrogen-bond acceptors (Lipinski definition) is 6. The number of fused-ring (bicyclic) bond motifs is 1. The largest absolute Gasteiger partial charge is 0.454 e. The van der Waals surface area contributed by atoms with Crippen molar-refractivity contribution in [2.45, 2.75) is 6.92 Å². The third-order valence-electron chi connectivity index (χ3n) is 3.23. The molecular formula is C15H11N3O2S. The molecule has 0 fully saturated rings. The van der Waals surface area contributed by atoms with Gasteiger partial charge >= 0.3 is 0 Å². The van der Waals surface area contributed by atoms with E-state index in [2.05, 4.69) is 15.0 Å². The smallest absolute Gasteiger partial charge is 0.231 e. The summed E-state index contributed by atoms with van der Waals surface area (Å²) in [5.74, 6) is 2.24. The SMILES string of the molecule is Cc1ncc(-c2ccc3c(c2)OCO3)c(-c2nccs2)n1. The molecule has 0 aliphatic carbocycles. The molecule has 0 bridgehead atoms. The Labute approximate surface area is 125 Å². The first-order valence-electron chi connectivity index (χ1n) is 6.45. The molecule has 1 aliphatic heterocycles. The van der Waals surface area contributed by atoms with Gasteiger partial charge in [0, 0.05) is 23.3 Å². The van der Waals surface area contributed by atoms with Crippen molar-refractivity contribution in [1.82, 2.24) is 15.0 Å². The third-order valence-corrected chi connectivity index (χ3v) is 4.01. The zero-order valence-electron chi connectivity index (χ0n) is 11.2. The molecule has 21 heavy (non-hydrogen) atoms. The van der Waals surface area contributed by atoms with Gasteiger partial charge < -0.3 is 9.47 Å². The molecule has 0 N–H and O–H groups in total. The van der Waals surface area contributed by atoms with E-state index in [0.717, 1.165) is 39.2 Å². The topological polar surface area (TPSA) is 57.1 Å². The van der Waals surface area contributed by atoms with E-state index in [1.54, 1.807) is 17.5 Å². The second-order valence-corrected chi connectivity index (χ2v) is 5.48. The van der Waals surface area contributed by atoms with Gasteiger partial charge in [0.05, 0.1) is 0 Å². The van der Waals surface area contributed by atoms with Crippen molar-refractivity contribution in [3.63, 3.8) is 0 Å². The van der Waals surface area contributed by atoms with Gasteiger partial charge in [-0.3, -0.25) is 0 Å². The normalized spacial score (nSPS) is 12.6. The molecule has 0 radical (unpaired) electrons. The van der Waals surface area contributed by atoms with E-state index in [4.69, 9.17) is 9.47 Å². The second-order valence-electron chi connectivity index (χ2n) is 4.58. The van der Waals surface area contributed by atoms with Crippen LogP contribution in [-0.2, 0) is 0 Å². The van der Waals surface area contributed by atoms with Crippen molar-refractivity contribution < 1.29 is 9.47 Å². The lowest BCUT2D eigenvalue weighted by Crippen LogP contribution is -1.95. The quantitative estimate of drug-likeness (QED) is 0.726. The minimum atomic E-state index is 0.266. The van der Waals surface area contributed by atoms with Crippen LogP contribution in [0.2, 0.25) is 0 Å². The third kappa shape index (κ3) is 2.13. The van der Waals surface area contributed by atoms with E-state index >= 15 is 0 Å². The second kappa shape index (κ2) is 4.82. The van der Waals surface area contributed by atoms with Gasteiger partial charge in [0.2, 0.25) is 6.79 Å². The van der Waals surface area contributed by atoms with Crippen molar-refractivity contribution in [1.29, 1.82) is 0 Å². The molecule has 0 atom stereocenters. The number of thiazole rings is 1. The van der Waals surface area contributed by atoms with Crippen molar-refractivity contribution in [2.75, 3.05) is 6.79 Å². The van der Waals surface area contributed by atoms with Gasteiger partial charge in [-0.25, -0.2) is 15.0 Å². The van der Waals surface area contributed by atoms with Crippen LogP contribution in [0.5, 0.6) is 11.5 Å². The van der Waals surface area contributed by atoms with Crippen LogP contribution in [0, 0.1) is 6.92 Å². The fraction of sp³-hybridized carbons (Fsp3) is 0.133. The molecule has 104 valence electrons. The Morgan fingerprint density at radius 3 is 2.90 bits per heavy atom. The van der Waals surface area contributed by atoms with E-state index in [1.807, 2.05) is 36.7 Å². The first kappa shape index (κ1) is 12.3. The monoisotopic (exact) mass is 297 g/mol. The highest BCUT2D eigenvalue weighted by atomic mass is 32.1. The van der Waals surface area contributed by atoms with Gasteiger partial charge in [-0.1, -0.05) is 6.07 Å². The summed E-state index contributed by atoms with van der Waals surface area (Å²) >= 11 is 1.56. The summed E-state index contributed by atoms with van der Waals surface area (Å²) in [6.07, 6.45) is 3.61. The van der Waals surface area contributed by atoms with Crippen LogP contribution >= 0.6 is 11.3 Å². The van der Waals surface area contributed by atoms with Crippen LogP contribution in [0.1, 0.15) is 5.82 Å². The molecule has 2 aromatic heterocycles. The maximum atomic E-state index is 5.44. The van der Waals surface area contributed by atoms with Crippen molar-refractivity contribution >= 4 is 11.3 Å². The van der Waals surface area contributed by atoms with Gasteiger partial charge in [0.15, 0.2) is 11.5 Å². The zero-order valence-corrected chi connectivity index (χ0v) is 12.1. The molecule has 0 unspecified atom stereocenters. The summed E-state index contributed by atoms with van der Waals surface area (Å²) in [6.45, 7) is 2.14. The van der Waals surface area contributed by atoms with Crippen LogP contribution < -0.4 is 9.47 Å². The molecular weight excluding hydrogens is 286 g/mol. The number of hydrogen-bond donors (Lipinski definition) is 0. The minimum absolute atomic E-state index is 0.266. The molecule has 6 heteroatoms. The van der Waals surface area contributed by atoms with Crippen LogP contribution in [-0.4, -0.2) is 21.7 Å². The molecule has 0 saturated heterocycles. The van der Waals surface area contributed by atoms with Gasteiger partial charge in [0.1, 0.15) is 16.5 Å². The molecule has 0 spiro atoms. The predicted molar refractivity (Wildman–Crippen MR) is 79.4 cm³/mol. The van der Waals surface area contributed by atoms with E-state index in [-0.39, 0.29) is 6.79 Å². The van der Waals surface area contributed by atoms with Crippen LogP contribution in [0.15, 0.2) is 36.0 Å². The highest BCUT2D eigenvalue weighted by Crippen LogP contribution is 2.38. The summed E-state index contributed by atoms with van der Waals surface area (Å²) in [5.41, 5.74) is 2.77. The molecule has 0 saturated carbocycles. The summed E-state index contributed by atoms with van der Waals surface area (Å²) in [4.78, 5) is 13.2. The Balaban J connectivity index is 1.89. The van der Waals surface area contributed by atoms with Gasteiger partial charge in [-0.2, -0.15) is 0 Å². The Bertz CT molecular complexity index is 803. The van der Waals surface area contributed by atoms with Gasteiger partial charge in [0.25, 0.3) is 0 Å². The Morgan fingerprint density at radius 1 is 1.14 bits per heavy atom. The summed E-state index contributed by atoms with van der Waals surface area (Å²) in [7, 11) is 0. The molecule has 1 aromatic carbocycles. The number of rotatable bonds is 2. The lowest BCUT2D eigenvalue weighted by molar-refractivity contribution is 0.174. The van der Waals surface area contributed by atoms with Crippen molar-refractivity contribution in [3.8, 4) is 33.3 Å². The van der Waals surface area contributed by atoms with E-state index in [0.29, 0.717) is 0 Å². The molecule has 3 aromatic rings. The highest BCUT2D eigenvalue weighted by Gasteiger charge is 2.17. The maximum absolute atomic E-state index is 5.44. The average Bonchev–Trinajstić information content (AvgIpc) is 3.18. The number of nitrogens with zero attached hydrogens (tertiary/aromatic N) is 3. The van der Waals surface area contributed by atoms with E-state index in [9.17, 15) is 0 Å². The fourth-order valence-electron chi connectivity index (χ4n) is 2.25. The zero-order chi connectivity index (χ0) is 14.2. The highest BCUT2D eigenvalue weighted by molar-refractivity contribution is 7.13. The maximum Gasteiger partial charge on any atom is 0.231 e. The number of aromatic nitrogens is 3. The molecule has 5 nitrogen and oxygen atoms in total. The minimum Gasteiger partial charge on any atom is -0.454 e. The Morgan fingerprint density at radius 2 is 2.05 bits per heavy atom. The number of ether oxygens (including phenoxy) is 2. The Kier molecular flexibility index (Phi) is 2.82. The predicted octanol–water partition coefficient (Wildman–Crippen LogP) is 3.30. The van der Waals surface area contributed by atoms with E-state index < -0.39 is 0 Å². The van der Waals surface area contributed by atoms with Gasteiger partial charge in [-0.15, -0.1) is 11.3 Å². The van der Waals surface area contributed by atoms with Crippen molar-refractivity contribution in [2.24, 2.45) is 0 Å². The first-order valence-corrected chi connectivity index (χ1v) is 7.33. The van der Waals surface area contributed by atoms with Crippen molar-refractivity contribution in [3.05, 3.63) is 41.8 Å². The molecule has 0 amide bonds. The molecule has 3 heterocycles. The molecule has 1 aliphatic rings. The lowest BCUT2D eigenvalue weighted by Gasteiger charge is -2.08. The summed E-state index contributed by atoms with van der Waals surface area (Å²) in [5, 5.41) is 2.82. The lowest BCUT2D eigenvalue weighted by atomic mass is 10.1.